The van der Waals surface area contributed by atoms with Gasteiger partial charge in [-0.1, -0.05) is 20.8 Å². The SMILES string of the molecule is CC1CCN(CC(NC(C)C)C(=O)O)CC1. The van der Waals surface area contributed by atoms with Gasteiger partial charge in [0.25, 0.3) is 0 Å². The maximum atomic E-state index is 11.1. The average molecular weight is 228 g/mol. The van der Waals surface area contributed by atoms with Crippen LogP contribution in [0.3, 0.4) is 0 Å². The van der Waals surface area contributed by atoms with Crippen LogP contribution in [0.25, 0.3) is 0 Å². The topological polar surface area (TPSA) is 52.6 Å². The molecule has 4 heteroatoms. The van der Waals surface area contributed by atoms with Gasteiger partial charge in [-0.3, -0.25) is 4.79 Å². The van der Waals surface area contributed by atoms with E-state index in [4.69, 9.17) is 5.11 Å². The van der Waals surface area contributed by atoms with E-state index in [0.717, 1.165) is 19.0 Å². The summed E-state index contributed by atoms with van der Waals surface area (Å²) in [5, 5.41) is 12.2. The number of carboxylic acid groups (broad SMARTS) is 1. The van der Waals surface area contributed by atoms with Crippen LogP contribution < -0.4 is 5.32 Å². The van der Waals surface area contributed by atoms with Crippen molar-refractivity contribution in [1.82, 2.24) is 10.2 Å². The molecular weight excluding hydrogens is 204 g/mol. The van der Waals surface area contributed by atoms with Gasteiger partial charge in [0, 0.05) is 12.6 Å². The zero-order chi connectivity index (χ0) is 12.1. The van der Waals surface area contributed by atoms with E-state index >= 15 is 0 Å². The van der Waals surface area contributed by atoms with Crippen molar-refractivity contribution in [3.8, 4) is 0 Å². The largest absolute Gasteiger partial charge is 0.480 e. The van der Waals surface area contributed by atoms with Crippen molar-refractivity contribution >= 4 is 5.97 Å². The summed E-state index contributed by atoms with van der Waals surface area (Å²) in [5.74, 6) is 0.0462. The molecule has 1 atom stereocenters. The summed E-state index contributed by atoms with van der Waals surface area (Å²) in [6.07, 6.45) is 2.38. The Kier molecular flexibility index (Phi) is 5.22. The molecule has 0 aromatic rings. The molecule has 0 amide bonds. The van der Waals surface area contributed by atoms with Crippen LogP contribution in [0, 0.1) is 5.92 Å². The zero-order valence-corrected chi connectivity index (χ0v) is 10.6. The van der Waals surface area contributed by atoms with Crippen LogP contribution >= 0.6 is 0 Å². The fourth-order valence-electron chi connectivity index (χ4n) is 2.11. The number of rotatable bonds is 5. The van der Waals surface area contributed by atoms with Crippen LogP contribution in [0.2, 0.25) is 0 Å². The second kappa shape index (κ2) is 6.21. The molecular formula is C12H24N2O2. The Labute approximate surface area is 98.0 Å². The van der Waals surface area contributed by atoms with Crippen LogP contribution in [0.15, 0.2) is 0 Å². The maximum absolute atomic E-state index is 11.1. The van der Waals surface area contributed by atoms with Crippen molar-refractivity contribution in [2.24, 2.45) is 5.92 Å². The molecule has 1 heterocycles. The Morgan fingerprint density at radius 3 is 2.44 bits per heavy atom. The van der Waals surface area contributed by atoms with Gasteiger partial charge < -0.3 is 15.3 Å². The number of hydrogen-bond acceptors (Lipinski definition) is 3. The Morgan fingerprint density at radius 1 is 1.44 bits per heavy atom. The Balaban J connectivity index is 2.39. The third-order valence-corrected chi connectivity index (χ3v) is 3.15. The third-order valence-electron chi connectivity index (χ3n) is 3.15. The minimum absolute atomic E-state index is 0.213. The van der Waals surface area contributed by atoms with Crippen molar-refractivity contribution in [3.63, 3.8) is 0 Å². The van der Waals surface area contributed by atoms with Gasteiger partial charge in [0.1, 0.15) is 6.04 Å². The summed E-state index contributed by atoms with van der Waals surface area (Å²) >= 11 is 0. The predicted molar refractivity (Wildman–Crippen MR) is 64.5 cm³/mol. The smallest absolute Gasteiger partial charge is 0.322 e. The number of likely N-dealkylation sites (tertiary alicyclic amines) is 1. The summed E-state index contributed by atoms with van der Waals surface area (Å²) in [6.45, 7) is 8.91. The number of hydrogen-bond donors (Lipinski definition) is 2. The predicted octanol–water partition coefficient (Wildman–Crippen LogP) is 1.17. The molecule has 0 aliphatic carbocycles. The molecule has 94 valence electrons. The highest BCUT2D eigenvalue weighted by atomic mass is 16.4. The summed E-state index contributed by atoms with van der Waals surface area (Å²) < 4.78 is 0. The molecule has 1 rings (SSSR count). The van der Waals surface area contributed by atoms with Gasteiger partial charge in [0.05, 0.1) is 0 Å². The highest BCUT2D eigenvalue weighted by molar-refractivity contribution is 5.73. The molecule has 16 heavy (non-hydrogen) atoms. The van der Waals surface area contributed by atoms with Crippen molar-refractivity contribution in [2.45, 2.75) is 45.7 Å². The number of aliphatic carboxylic acids is 1. The molecule has 0 radical (unpaired) electrons. The monoisotopic (exact) mass is 228 g/mol. The van der Waals surface area contributed by atoms with E-state index < -0.39 is 12.0 Å². The molecule has 2 N–H and O–H groups in total. The lowest BCUT2D eigenvalue weighted by Gasteiger charge is -2.32. The van der Waals surface area contributed by atoms with Crippen molar-refractivity contribution in [3.05, 3.63) is 0 Å². The van der Waals surface area contributed by atoms with E-state index in [9.17, 15) is 4.79 Å². The summed E-state index contributed by atoms with van der Waals surface area (Å²) in [4.78, 5) is 13.3. The number of nitrogens with zero attached hydrogens (tertiary/aromatic N) is 1. The number of piperidine rings is 1. The number of carbonyl (C=O) groups is 1. The van der Waals surface area contributed by atoms with Gasteiger partial charge in [-0.15, -0.1) is 0 Å². The fraction of sp³-hybridized carbons (Fsp3) is 0.917. The average Bonchev–Trinajstić information content (AvgIpc) is 2.19. The second-order valence-corrected chi connectivity index (χ2v) is 5.20. The Morgan fingerprint density at radius 2 is 2.00 bits per heavy atom. The summed E-state index contributed by atoms with van der Waals surface area (Å²) in [5.41, 5.74) is 0. The van der Waals surface area contributed by atoms with E-state index in [1.165, 1.54) is 12.8 Å². The molecule has 4 nitrogen and oxygen atoms in total. The first-order valence-corrected chi connectivity index (χ1v) is 6.20. The molecule has 0 saturated carbocycles. The van der Waals surface area contributed by atoms with Crippen LogP contribution in [0.5, 0.6) is 0 Å². The maximum Gasteiger partial charge on any atom is 0.322 e. The van der Waals surface area contributed by atoms with Gasteiger partial charge in [0.2, 0.25) is 0 Å². The molecule has 1 aliphatic rings. The highest BCUT2D eigenvalue weighted by Gasteiger charge is 2.23. The Bertz CT molecular complexity index is 223. The molecule has 1 saturated heterocycles. The lowest BCUT2D eigenvalue weighted by molar-refractivity contribution is -0.140. The molecule has 0 aromatic heterocycles. The van der Waals surface area contributed by atoms with E-state index in [2.05, 4.69) is 17.1 Å². The fourth-order valence-corrected chi connectivity index (χ4v) is 2.11. The van der Waals surface area contributed by atoms with Gasteiger partial charge in [0.15, 0.2) is 0 Å². The van der Waals surface area contributed by atoms with Gasteiger partial charge >= 0.3 is 5.97 Å². The first-order chi connectivity index (χ1) is 7.49. The third kappa shape index (κ3) is 4.49. The van der Waals surface area contributed by atoms with Gasteiger partial charge in [-0.2, -0.15) is 0 Å². The second-order valence-electron chi connectivity index (χ2n) is 5.20. The highest BCUT2D eigenvalue weighted by Crippen LogP contribution is 2.15. The number of carboxylic acids is 1. The molecule has 1 aliphatic heterocycles. The van der Waals surface area contributed by atoms with E-state index in [0.29, 0.717) is 6.54 Å². The standard InChI is InChI=1S/C12H24N2O2/c1-9(2)13-11(12(15)16)8-14-6-4-10(3)5-7-14/h9-11,13H,4-8H2,1-3H3,(H,15,16). The Hall–Kier alpha value is -0.610. The van der Waals surface area contributed by atoms with Crippen molar-refractivity contribution in [1.29, 1.82) is 0 Å². The lowest BCUT2D eigenvalue weighted by atomic mass is 9.99. The lowest BCUT2D eigenvalue weighted by Crippen LogP contribution is -2.50. The van der Waals surface area contributed by atoms with Gasteiger partial charge in [-0.05, 0) is 31.8 Å². The van der Waals surface area contributed by atoms with E-state index in [1.807, 2.05) is 13.8 Å². The van der Waals surface area contributed by atoms with Crippen LogP contribution in [0.1, 0.15) is 33.6 Å². The van der Waals surface area contributed by atoms with Crippen molar-refractivity contribution in [2.75, 3.05) is 19.6 Å². The molecule has 1 unspecified atom stereocenters. The summed E-state index contributed by atoms with van der Waals surface area (Å²) in [6, 6.07) is -0.224. The van der Waals surface area contributed by atoms with Crippen LogP contribution in [-0.4, -0.2) is 47.7 Å². The minimum Gasteiger partial charge on any atom is -0.480 e. The first-order valence-electron chi connectivity index (χ1n) is 6.20. The van der Waals surface area contributed by atoms with Crippen LogP contribution in [0.4, 0.5) is 0 Å². The van der Waals surface area contributed by atoms with Crippen molar-refractivity contribution < 1.29 is 9.90 Å². The van der Waals surface area contributed by atoms with Gasteiger partial charge in [-0.25, -0.2) is 0 Å². The minimum atomic E-state index is -0.743. The quantitative estimate of drug-likeness (QED) is 0.741. The van der Waals surface area contributed by atoms with E-state index in [1.54, 1.807) is 0 Å². The van der Waals surface area contributed by atoms with E-state index in [-0.39, 0.29) is 6.04 Å². The molecule has 0 aromatic carbocycles. The molecule has 0 bridgehead atoms. The number of nitrogens with one attached hydrogen (secondary N) is 1. The zero-order valence-electron chi connectivity index (χ0n) is 10.6. The first kappa shape index (κ1) is 13.5. The van der Waals surface area contributed by atoms with Crippen LogP contribution in [-0.2, 0) is 4.79 Å². The summed E-state index contributed by atoms with van der Waals surface area (Å²) in [7, 11) is 0. The molecule has 1 fully saturated rings. The molecule has 0 spiro atoms. The normalized spacial score (nSPS) is 21.2.